The van der Waals surface area contributed by atoms with Gasteiger partial charge in [-0.05, 0) is 44.0 Å². The number of hydrogen-bond acceptors (Lipinski definition) is 4. The Labute approximate surface area is 169 Å². The highest BCUT2D eigenvalue weighted by Crippen LogP contribution is 2.27. The van der Waals surface area contributed by atoms with E-state index in [1.807, 2.05) is 4.90 Å². The van der Waals surface area contributed by atoms with Gasteiger partial charge in [0.2, 0.25) is 5.91 Å². The molecule has 0 saturated carbocycles. The summed E-state index contributed by atoms with van der Waals surface area (Å²) in [6, 6.07) is 4.65. The summed E-state index contributed by atoms with van der Waals surface area (Å²) in [5.41, 5.74) is 4.93. The van der Waals surface area contributed by atoms with E-state index in [-0.39, 0.29) is 24.3 Å². The van der Waals surface area contributed by atoms with Crippen LogP contribution in [0.25, 0.3) is 0 Å². The van der Waals surface area contributed by atoms with Crippen LogP contribution < -0.4 is 15.6 Å². The third-order valence-corrected chi connectivity index (χ3v) is 4.77. The second kappa shape index (κ2) is 11.0. The molecule has 8 heteroatoms. The predicted molar refractivity (Wildman–Crippen MR) is 106 cm³/mol. The maximum atomic E-state index is 12.3. The molecule has 0 spiro atoms. The van der Waals surface area contributed by atoms with Gasteiger partial charge in [-0.25, -0.2) is 0 Å². The van der Waals surface area contributed by atoms with Crippen molar-refractivity contribution in [2.45, 2.75) is 38.1 Å². The number of rotatable bonds is 7. The van der Waals surface area contributed by atoms with Crippen LogP contribution in [0.4, 0.5) is 0 Å². The Hall–Kier alpha value is -1.94. The highest BCUT2D eigenvalue weighted by atomic mass is 35.5. The average molecular weight is 412 g/mol. The Morgan fingerprint density at radius 3 is 2.85 bits per heavy atom. The second-order valence-corrected chi connectivity index (χ2v) is 7.09. The first-order valence-corrected chi connectivity index (χ1v) is 9.61. The summed E-state index contributed by atoms with van der Waals surface area (Å²) >= 11 is 11.8. The highest BCUT2D eigenvalue weighted by molar-refractivity contribution is 6.35. The number of piperidine rings is 1. The van der Waals surface area contributed by atoms with E-state index in [0.29, 0.717) is 35.4 Å². The van der Waals surface area contributed by atoms with Crippen molar-refractivity contribution >= 4 is 35.0 Å². The van der Waals surface area contributed by atoms with Gasteiger partial charge in [-0.3, -0.25) is 25.3 Å². The molecule has 1 saturated heterocycles. The van der Waals surface area contributed by atoms with E-state index in [0.717, 1.165) is 25.8 Å². The maximum absolute atomic E-state index is 12.3. The molecule has 0 radical (unpaired) electrons. The maximum Gasteiger partial charge on any atom is 0.255 e. The summed E-state index contributed by atoms with van der Waals surface area (Å²) in [6.45, 7) is 1.54. The molecule has 1 aromatic rings. The molecule has 0 aromatic heterocycles. The summed E-state index contributed by atoms with van der Waals surface area (Å²) in [6.07, 6.45) is 8.77. The predicted octanol–water partition coefficient (Wildman–Crippen LogP) is 2.79. The van der Waals surface area contributed by atoms with Gasteiger partial charge in [0.1, 0.15) is 5.75 Å². The minimum atomic E-state index is -0.300. The van der Waals surface area contributed by atoms with E-state index in [1.165, 1.54) is 0 Å². The Kier molecular flexibility index (Phi) is 8.73. The van der Waals surface area contributed by atoms with Crippen LogP contribution in [0.15, 0.2) is 18.2 Å². The van der Waals surface area contributed by atoms with Crippen molar-refractivity contribution in [2.24, 2.45) is 0 Å². The summed E-state index contributed by atoms with van der Waals surface area (Å²) in [4.78, 5) is 26.1. The molecule has 27 heavy (non-hydrogen) atoms. The monoisotopic (exact) mass is 411 g/mol. The van der Waals surface area contributed by atoms with Crippen LogP contribution in [0, 0.1) is 12.3 Å². The molecule has 1 aliphatic heterocycles. The summed E-state index contributed by atoms with van der Waals surface area (Å²) in [5, 5.41) is 0.949. The lowest BCUT2D eigenvalue weighted by molar-refractivity contribution is -0.132. The average Bonchev–Trinajstić information content (AvgIpc) is 2.65. The molecule has 2 rings (SSSR count). The van der Waals surface area contributed by atoms with Crippen molar-refractivity contribution in [3.8, 4) is 18.1 Å². The van der Waals surface area contributed by atoms with Crippen molar-refractivity contribution in [1.29, 1.82) is 0 Å². The molecule has 1 atom stereocenters. The van der Waals surface area contributed by atoms with Gasteiger partial charge >= 0.3 is 0 Å². The van der Waals surface area contributed by atoms with E-state index in [9.17, 15) is 9.59 Å². The van der Waals surface area contributed by atoms with Gasteiger partial charge in [0.15, 0.2) is 0 Å². The Balaban J connectivity index is 1.66. The quantitative estimate of drug-likeness (QED) is 0.411. The van der Waals surface area contributed by atoms with Crippen molar-refractivity contribution < 1.29 is 14.3 Å². The molecule has 0 aliphatic carbocycles. The first-order chi connectivity index (χ1) is 13.0. The number of hydrazine groups is 1. The SMILES string of the molecule is C#CCN1CCCCC1C(=O)NNC(=O)CCCOc1ccc(Cl)cc1Cl. The molecule has 2 N–H and O–H groups in total. The fourth-order valence-corrected chi connectivity index (χ4v) is 3.34. The normalized spacial score (nSPS) is 17.0. The zero-order chi connectivity index (χ0) is 19.6. The lowest BCUT2D eigenvalue weighted by Crippen LogP contribution is -2.54. The van der Waals surface area contributed by atoms with E-state index in [4.69, 9.17) is 34.4 Å². The summed E-state index contributed by atoms with van der Waals surface area (Å²) in [5.74, 6) is 2.57. The first kappa shape index (κ1) is 21.4. The fraction of sp³-hybridized carbons (Fsp3) is 0.474. The molecule has 1 unspecified atom stereocenters. The number of halogens is 2. The van der Waals surface area contributed by atoms with Gasteiger partial charge in [0.25, 0.3) is 5.91 Å². The van der Waals surface area contributed by atoms with Gasteiger partial charge in [-0.2, -0.15) is 0 Å². The van der Waals surface area contributed by atoms with Crippen LogP contribution in [-0.2, 0) is 9.59 Å². The van der Waals surface area contributed by atoms with E-state index < -0.39 is 0 Å². The van der Waals surface area contributed by atoms with Crippen LogP contribution in [0.3, 0.4) is 0 Å². The van der Waals surface area contributed by atoms with E-state index >= 15 is 0 Å². The number of carbonyl (C=O) groups excluding carboxylic acids is 2. The molecule has 0 bridgehead atoms. The minimum Gasteiger partial charge on any atom is -0.492 e. The number of amides is 2. The van der Waals surface area contributed by atoms with Crippen LogP contribution in [-0.4, -0.2) is 42.5 Å². The first-order valence-electron chi connectivity index (χ1n) is 8.85. The second-order valence-electron chi connectivity index (χ2n) is 6.25. The van der Waals surface area contributed by atoms with Crippen molar-refractivity contribution in [3.05, 3.63) is 28.2 Å². The number of ether oxygens (including phenoxy) is 1. The molecule has 1 aromatic carbocycles. The zero-order valence-electron chi connectivity index (χ0n) is 15.0. The minimum absolute atomic E-state index is 0.213. The number of nitrogens with one attached hydrogen (secondary N) is 2. The van der Waals surface area contributed by atoms with Crippen LogP contribution >= 0.6 is 23.2 Å². The standard InChI is InChI=1S/C19H23Cl2N3O3/c1-2-10-24-11-4-3-6-16(24)19(26)23-22-18(25)7-5-12-27-17-9-8-14(20)13-15(17)21/h1,8-9,13,16H,3-7,10-12H2,(H,22,25)(H,23,26). The molecule has 1 heterocycles. The molecular weight excluding hydrogens is 389 g/mol. The van der Waals surface area contributed by atoms with Crippen molar-refractivity contribution in [1.82, 2.24) is 15.8 Å². The third kappa shape index (κ3) is 6.94. The van der Waals surface area contributed by atoms with Gasteiger partial charge in [0, 0.05) is 11.4 Å². The topological polar surface area (TPSA) is 70.7 Å². The molecule has 1 fully saturated rings. The van der Waals surface area contributed by atoms with E-state index in [1.54, 1.807) is 18.2 Å². The van der Waals surface area contributed by atoms with E-state index in [2.05, 4.69) is 16.8 Å². The third-order valence-electron chi connectivity index (χ3n) is 4.24. The van der Waals surface area contributed by atoms with Crippen molar-refractivity contribution in [2.75, 3.05) is 19.7 Å². The summed E-state index contributed by atoms with van der Waals surface area (Å²) < 4.78 is 5.52. The van der Waals surface area contributed by atoms with Gasteiger partial charge in [-0.1, -0.05) is 35.5 Å². The Morgan fingerprint density at radius 1 is 1.30 bits per heavy atom. The lowest BCUT2D eigenvalue weighted by Gasteiger charge is -2.33. The molecule has 146 valence electrons. The van der Waals surface area contributed by atoms with Gasteiger partial charge in [0.05, 0.1) is 24.2 Å². The van der Waals surface area contributed by atoms with Crippen molar-refractivity contribution in [3.63, 3.8) is 0 Å². The number of nitrogens with zero attached hydrogens (tertiary/aromatic N) is 1. The number of hydrogen-bond donors (Lipinski definition) is 2. The smallest absolute Gasteiger partial charge is 0.255 e. The Bertz CT molecular complexity index is 706. The molecule has 2 amide bonds. The number of benzene rings is 1. The van der Waals surface area contributed by atoms with Gasteiger partial charge < -0.3 is 4.74 Å². The largest absolute Gasteiger partial charge is 0.492 e. The molecular formula is C19H23Cl2N3O3. The van der Waals surface area contributed by atoms with Gasteiger partial charge in [-0.15, -0.1) is 6.42 Å². The molecule has 6 nitrogen and oxygen atoms in total. The summed E-state index contributed by atoms with van der Waals surface area (Å²) in [7, 11) is 0. The Morgan fingerprint density at radius 2 is 2.11 bits per heavy atom. The zero-order valence-corrected chi connectivity index (χ0v) is 16.5. The number of carbonyl (C=O) groups is 2. The fourth-order valence-electron chi connectivity index (χ4n) is 2.88. The van der Waals surface area contributed by atoms with Crippen LogP contribution in [0.2, 0.25) is 10.0 Å². The molecule has 1 aliphatic rings. The van der Waals surface area contributed by atoms with Crippen LogP contribution in [0.1, 0.15) is 32.1 Å². The highest BCUT2D eigenvalue weighted by Gasteiger charge is 2.28. The number of likely N-dealkylation sites (tertiary alicyclic amines) is 1. The van der Waals surface area contributed by atoms with Crippen LogP contribution in [0.5, 0.6) is 5.75 Å². The number of terminal acetylenes is 1. The lowest BCUT2D eigenvalue weighted by atomic mass is 10.0.